The van der Waals surface area contributed by atoms with Crippen LogP contribution in [0, 0.1) is 0 Å². The van der Waals surface area contributed by atoms with E-state index in [1.165, 1.54) is 0 Å². The molecule has 0 bridgehead atoms. The Labute approximate surface area is 141 Å². The zero-order valence-corrected chi connectivity index (χ0v) is 13.9. The fraction of sp³-hybridized carbons (Fsp3) is 0.188. The van der Waals surface area contributed by atoms with Gasteiger partial charge in [0.1, 0.15) is 5.52 Å². The maximum atomic E-state index is 9.48. The summed E-state index contributed by atoms with van der Waals surface area (Å²) in [6, 6.07) is 13.4. The number of benzene rings is 2. The van der Waals surface area contributed by atoms with Crippen LogP contribution in [0.3, 0.4) is 0 Å². The molecule has 0 aliphatic rings. The molecule has 3 rings (SSSR count). The lowest BCUT2D eigenvalue weighted by Crippen LogP contribution is -2.20. The van der Waals surface area contributed by atoms with E-state index in [0.29, 0.717) is 18.0 Å². The molecule has 0 saturated heterocycles. The average molecular weight is 382 g/mol. The summed E-state index contributed by atoms with van der Waals surface area (Å²) in [7, 11) is 0. The van der Waals surface area contributed by atoms with Crippen LogP contribution in [0.4, 0.5) is 5.69 Å². The molecule has 1 unspecified atom stereocenters. The zero-order valence-electron chi connectivity index (χ0n) is 11.6. The van der Waals surface area contributed by atoms with Gasteiger partial charge in [0, 0.05) is 16.7 Å². The highest BCUT2D eigenvalue weighted by atomic mass is 79.9. The normalized spacial score (nSPS) is 12.5. The van der Waals surface area contributed by atoms with Crippen molar-refractivity contribution in [2.45, 2.75) is 6.10 Å². The van der Waals surface area contributed by atoms with Crippen LogP contribution in [0.15, 0.2) is 51.4 Å². The Kier molecular flexibility index (Phi) is 4.66. The number of fused-ring (bicyclic) bond motifs is 1. The molecule has 0 spiro atoms. The average Bonchev–Trinajstić information content (AvgIpc) is 2.95. The van der Waals surface area contributed by atoms with Crippen molar-refractivity contribution in [2.75, 3.05) is 17.7 Å². The summed E-state index contributed by atoms with van der Waals surface area (Å²) >= 11 is 9.08. The first kappa shape index (κ1) is 15.3. The van der Waals surface area contributed by atoms with E-state index in [1.54, 1.807) is 0 Å². The minimum atomic E-state index is -0.578. The number of nitrogens with zero attached hydrogens (tertiary/aromatic N) is 1. The monoisotopic (exact) mass is 380 g/mol. The van der Waals surface area contributed by atoms with Crippen molar-refractivity contribution < 1.29 is 9.52 Å². The number of nitrogens with one attached hydrogen (secondary N) is 1. The van der Waals surface area contributed by atoms with Gasteiger partial charge in [-0.15, -0.1) is 11.6 Å². The summed E-state index contributed by atoms with van der Waals surface area (Å²) in [5.41, 5.74) is 3.25. The van der Waals surface area contributed by atoms with Crippen LogP contribution in [-0.4, -0.2) is 28.6 Å². The van der Waals surface area contributed by atoms with Crippen molar-refractivity contribution in [2.24, 2.45) is 0 Å². The number of hydrogen-bond donors (Lipinski definition) is 2. The number of oxazole rings is 1. The minimum Gasteiger partial charge on any atom is -0.436 e. The summed E-state index contributed by atoms with van der Waals surface area (Å²) in [5.74, 6) is 0.770. The van der Waals surface area contributed by atoms with Gasteiger partial charge in [0.25, 0.3) is 0 Å². The second-order valence-corrected chi connectivity index (χ2v) is 6.03. The van der Waals surface area contributed by atoms with Crippen LogP contribution in [0.2, 0.25) is 0 Å². The van der Waals surface area contributed by atoms with E-state index in [1.807, 2.05) is 42.5 Å². The number of aliphatic hydroxyl groups excluding tert-OH is 1. The van der Waals surface area contributed by atoms with E-state index in [-0.39, 0.29) is 5.88 Å². The highest BCUT2D eigenvalue weighted by Crippen LogP contribution is 2.30. The summed E-state index contributed by atoms with van der Waals surface area (Å²) in [6.45, 7) is 0.393. The highest BCUT2D eigenvalue weighted by Gasteiger charge is 2.11. The highest BCUT2D eigenvalue weighted by molar-refractivity contribution is 9.10. The Bertz CT molecular complexity index is 791. The van der Waals surface area contributed by atoms with Gasteiger partial charge in [0.15, 0.2) is 5.58 Å². The van der Waals surface area contributed by atoms with E-state index in [0.717, 1.165) is 21.2 Å². The van der Waals surface area contributed by atoms with Crippen molar-refractivity contribution in [3.8, 4) is 11.5 Å². The van der Waals surface area contributed by atoms with Gasteiger partial charge in [-0.05, 0) is 46.3 Å². The van der Waals surface area contributed by atoms with Gasteiger partial charge < -0.3 is 14.8 Å². The second-order valence-electron chi connectivity index (χ2n) is 4.87. The van der Waals surface area contributed by atoms with Gasteiger partial charge in [-0.2, -0.15) is 0 Å². The molecule has 6 heteroatoms. The number of anilines is 1. The van der Waals surface area contributed by atoms with Gasteiger partial charge in [0.2, 0.25) is 5.89 Å². The first-order chi connectivity index (χ1) is 10.7. The fourth-order valence-electron chi connectivity index (χ4n) is 2.08. The Morgan fingerprint density at radius 1 is 1.27 bits per heavy atom. The molecule has 1 aromatic heterocycles. The number of aromatic nitrogens is 1. The Hall–Kier alpha value is -1.56. The van der Waals surface area contributed by atoms with Crippen molar-refractivity contribution in [1.82, 2.24) is 4.98 Å². The molecule has 1 heterocycles. The molecule has 22 heavy (non-hydrogen) atoms. The SMILES string of the molecule is OC(CCl)CNc1ccc2oc(-c3ccccc3Br)nc2c1. The molecule has 0 fully saturated rings. The maximum absolute atomic E-state index is 9.48. The van der Waals surface area contributed by atoms with Crippen molar-refractivity contribution in [3.63, 3.8) is 0 Å². The van der Waals surface area contributed by atoms with Crippen LogP contribution < -0.4 is 5.32 Å². The topological polar surface area (TPSA) is 58.3 Å². The van der Waals surface area contributed by atoms with Gasteiger partial charge in [-0.3, -0.25) is 0 Å². The predicted molar refractivity (Wildman–Crippen MR) is 92.4 cm³/mol. The first-order valence-corrected chi connectivity index (χ1v) is 8.13. The van der Waals surface area contributed by atoms with Gasteiger partial charge in [-0.25, -0.2) is 4.98 Å². The number of rotatable bonds is 5. The molecule has 2 N–H and O–H groups in total. The van der Waals surface area contributed by atoms with E-state index < -0.39 is 6.10 Å². The van der Waals surface area contributed by atoms with Crippen molar-refractivity contribution in [3.05, 3.63) is 46.9 Å². The lowest BCUT2D eigenvalue weighted by atomic mass is 10.2. The van der Waals surface area contributed by atoms with E-state index in [2.05, 4.69) is 26.2 Å². The summed E-state index contributed by atoms with van der Waals surface area (Å²) < 4.78 is 6.73. The molecule has 114 valence electrons. The van der Waals surface area contributed by atoms with E-state index in [9.17, 15) is 5.11 Å². The number of alkyl halides is 1. The lowest BCUT2D eigenvalue weighted by Gasteiger charge is -2.09. The molecule has 4 nitrogen and oxygen atoms in total. The molecule has 0 amide bonds. The lowest BCUT2D eigenvalue weighted by molar-refractivity contribution is 0.211. The zero-order chi connectivity index (χ0) is 15.5. The second kappa shape index (κ2) is 6.69. The van der Waals surface area contributed by atoms with Crippen LogP contribution in [0.1, 0.15) is 0 Å². The summed E-state index contributed by atoms with van der Waals surface area (Å²) in [5, 5.41) is 12.6. The van der Waals surface area contributed by atoms with Crippen LogP contribution >= 0.6 is 27.5 Å². The maximum Gasteiger partial charge on any atom is 0.228 e. The first-order valence-electron chi connectivity index (χ1n) is 6.81. The van der Waals surface area contributed by atoms with Crippen LogP contribution in [0.5, 0.6) is 0 Å². The largest absolute Gasteiger partial charge is 0.436 e. The minimum absolute atomic E-state index is 0.200. The van der Waals surface area contributed by atoms with Gasteiger partial charge >= 0.3 is 0 Å². The molecule has 1 atom stereocenters. The van der Waals surface area contributed by atoms with E-state index in [4.69, 9.17) is 16.0 Å². The molecule has 0 aliphatic carbocycles. The smallest absolute Gasteiger partial charge is 0.228 e. The fourth-order valence-corrected chi connectivity index (χ4v) is 2.64. The Morgan fingerprint density at radius 2 is 2.09 bits per heavy atom. The van der Waals surface area contributed by atoms with Gasteiger partial charge in [0.05, 0.1) is 17.5 Å². The third-order valence-electron chi connectivity index (χ3n) is 3.21. The van der Waals surface area contributed by atoms with Crippen LogP contribution in [-0.2, 0) is 0 Å². The predicted octanol–water partition coefficient (Wildman–Crippen LogP) is 4.27. The van der Waals surface area contributed by atoms with Crippen LogP contribution in [0.25, 0.3) is 22.6 Å². The van der Waals surface area contributed by atoms with Gasteiger partial charge in [-0.1, -0.05) is 12.1 Å². The number of halogens is 2. The summed E-state index contributed by atoms with van der Waals surface area (Å²) in [4.78, 5) is 4.53. The quantitative estimate of drug-likeness (QED) is 0.648. The standard InChI is InChI=1S/C16H14BrClN2O2/c17-13-4-2-1-3-12(13)16-20-14-7-10(5-6-15(14)22-16)19-9-11(21)8-18/h1-7,11,19,21H,8-9H2. The number of aliphatic hydroxyl groups is 1. The molecular weight excluding hydrogens is 368 g/mol. The third kappa shape index (κ3) is 3.27. The molecule has 3 aromatic rings. The summed E-state index contributed by atoms with van der Waals surface area (Å²) in [6.07, 6.45) is -0.578. The third-order valence-corrected chi connectivity index (χ3v) is 4.26. The van der Waals surface area contributed by atoms with Crippen molar-refractivity contribution in [1.29, 1.82) is 0 Å². The van der Waals surface area contributed by atoms with E-state index >= 15 is 0 Å². The Morgan fingerprint density at radius 3 is 2.86 bits per heavy atom. The molecule has 2 aromatic carbocycles. The Balaban J connectivity index is 1.89. The molecule has 0 saturated carbocycles. The molecule has 0 radical (unpaired) electrons. The van der Waals surface area contributed by atoms with Crippen molar-refractivity contribution >= 4 is 44.3 Å². The molecule has 0 aliphatic heterocycles. The molecular formula is C16H14BrClN2O2. The number of hydrogen-bond acceptors (Lipinski definition) is 4.